The number of nitrogens with zero attached hydrogens (tertiary/aromatic N) is 2. The summed E-state index contributed by atoms with van der Waals surface area (Å²) in [6.45, 7) is 4.77. The minimum Gasteiger partial charge on any atom is -0.264 e. The lowest BCUT2D eigenvalue weighted by Gasteiger charge is -2.36. The van der Waals surface area contributed by atoms with Crippen molar-refractivity contribution in [3.8, 4) is 11.3 Å². The first kappa shape index (κ1) is 17.1. The highest BCUT2D eigenvalue weighted by molar-refractivity contribution is 6.05. The van der Waals surface area contributed by atoms with E-state index in [0.29, 0.717) is 5.92 Å². The number of benzene rings is 2. The Morgan fingerprint density at radius 2 is 1.72 bits per heavy atom. The highest BCUT2D eigenvalue weighted by Gasteiger charge is 2.36. The molecule has 2 heteroatoms. The van der Waals surface area contributed by atoms with E-state index in [4.69, 9.17) is 4.98 Å². The predicted molar refractivity (Wildman–Crippen MR) is 120 cm³/mol. The summed E-state index contributed by atoms with van der Waals surface area (Å²) in [5.74, 6) is 0.701. The Morgan fingerprint density at radius 1 is 0.897 bits per heavy atom. The Labute approximate surface area is 172 Å². The summed E-state index contributed by atoms with van der Waals surface area (Å²) in [5, 5.41) is 5.19. The molecule has 2 aromatic heterocycles. The maximum absolute atomic E-state index is 4.87. The van der Waals surface area contributed by atoms with Crippen LogP contribution in [-0.2, 0) is 5.41 Å². The predicted octanol–water partition coefficient (Wildman–Crippen LogP) is 7.14. The standard InChI is InChI=1S/C27H26N2/c1-27(2)23-15-20(17-6-4-3-5-7-17)14-19-11-13-29-26(24(19)23)21-9-8-18-10-12-28-16-22(18)25(21)27/h8-17H,3-7H2,1-2H3. The summed E-state index contributed by atoms with van der Waals surface area (Å²) in [7, 11) is 0. The van der Waals surface area contributed by atoms with E-state index < -0.39 is 0 Å². The van der Waals surface area contributed by atoms with Crippen molar-refractivity contribution >= 4 is 21.5 Å². The van der Waals surface area contributed by atoms with Gasteiger partial charge in [0.1, 0.15) is 0 Å². The van der Waals surface area contributed by atoms with Gasteiger partial charge in [0.05, 0.1) is 5.69 Å². The molecule has 0 radical (unpaired) electrons. The molecule has 2 aliphatic rings. The number of fused-ring (bicyclic) bond motifs is 4. The van der Waals surface area contributed by atoms with Crippen LogP contribution in [0.15, 0.2) is 55.0 Å². The second-order valence-corrected chi connectivity index (χ2v) is 9.37. The first-order valence-corrected chi connectivity index (χ1v) is 11.0. The van der Waals surface area contributed by atoms with Crippen LogP contribution in [0.2, 0.25) is 0 Å². The van der Waals surface area contributed by atoms with Crippen molar-refractivity contribution in [3.63, 3.8) is 0 Å². The Morgan fingerprint density at radius 3 is 2.59 bits per heavy atom. The highest BCUT2D eigenvalue weighted by atomic mass is 14.7. The van der Waals surface area contributed by atoms with Gasteiger partial charge in [-0.05, 0) is 58.4 Å². The Balaban J connectivity index is 1.70. The third-order valence-electron chi connectivity index (χ3n) is 7.34. The zero-order chi connectivity index (χ0) is 19.6. The SMILES string of the molecule is CC1(C)c2c(ccc3ccncc23)-c2nccc3cc(C4CCCCC4)cc1c23. The summed E-state index contributed by atoms with van der Waals surface area (Å²) in [4.78, 5) is 9.33. The van der Waals surface area contributed by atoms with Gasteiger partial charge < -0.3 is 0 Å². The molecule has 0 unspecified atom stereocenters. The van der Waals surface area contributed by atoms with E-state index in [-0.39, 0.29) is 5.41 Å². The van der Waals surface area contributed by atoms with Crippen LogP contribution in [0.4, 0.5) is 0 Å². The minimum absolute atomic E-state index is 0.0865. The number of pyridine rings is 2. The van der Waals surface area contributed by atoms with Crippen LogP contribution < -0.4 is 0 Å². The van der Waals surface area contributed by atoms with Crippen LogP contribution >= 0.6 is 0 Å². The van der Waals surface area contributed by atoms with E-state index >= 15 is 0 Å². The van der Waals surface area contributed by atoms with Gasteiger partial charge in [0, 0.05) is 40.3 Å². The number of hydrogen-bond donors (Lipinski definition) is 0. The van der Waals surface area contributed by atoms with Crippen LogP contribution in [0, 0.1) is 0 Å². The molecule has 2 aromatic carbocycles. The Hall–Kier alpha value is -2.74. The smallest absolute Gasteiger partial charge is 0.0786 e. The van der Waals surface area contributed by atoms with Crippen LogP contribution in [-0.4, -0.2) is 9.97 Å². The van der Waals surface area contributed by atoms with Crippen LogP contribution in [0.1, 0.15) is 68.6 Å². The van der Waals surface area contributed by atoms with Crippen molar-refractivity contribution in [1.82, 2.24) is 9.97 Å². The maximum Gasteiger partial charge on any atom is 0.0786 e. The average molecular weight is 379 g/mol. The summed E-state index contributed by atoms with van der Waals surface area (Å²) < 4.78 is 0. The monoisotopic (exact) mass is 378 g/mol. The van der Waals surface area contributed by atoms with Crippen molar-refractivity contribution in [2.45, 2.75) is 57.3 Å². The van der Waals surface area contributed by atoms with E-state index in [2.05, 4.69) is 55.2 Å². The molecular weight excluding hydrogens is 352 g/mol. The van der Waals surface area contributed by atoms with Gasteiger partial charge in [-0.15, -0.1) is 0 Å². The topological polar surface area (TPSA) is 25.8 Å². The largest absolute Gasteiger partial charge is 0.264 e. The van der Waals surface area contributed by atoms with Gasteiger partial charge in [0.15, 0.2) is 0 Å². The fourth-order valence-electron chi connectivity index (χ4n) is 5.88. The highest BCUT2D eigenvalue weighted by Crippen LogP contribution is 2.51. The molecule has 0 N–H and O–H groups in total. The molecule has 0 aliphatic heterocycles. The fraction of sp³-hybridized carbons (Fsp3) is 0.333. The van der Waals surface area contributed by atoms with Gasteiger partial charge in [-0.25, -0.2) is 0 Å². The second kappa shape index (κ2) is 6.13. The van der Waals surface area contributed by atoms with Crippen LogP contribution in [0.25, 0.3) is 32.8 Å². The van der Waals surface area contributed by atoms with Gasteiger partial charge in [-0.3, -0.25) is 9.97 Å². The third kappa shape index (κ3) is 2.41. The second-order valence-electron chi connectivity index (χ2n) is 9.37. The summed E-state index contributed by atoms with van der Waals surface area (Å²) in [6.07, 6.45) is 12.7. The average Bonchev–Trinajstić information content (AvgIpc) is 2.77. The molecule has 144 valence electrons. The molecule has 2 heterocycles. The Bertz CT molecular complexity index is 1260. The molecular formula is C27H26N2. The first-order valence-electron chi connectivity index (χ1n) is 11.0. The van der Waals surface area contributed by atoms with Crippen molar-refractivity contribution in [3.05, 3.63) is 71.7 Å². The summed E-state index contributed by atoms with van der Waals surface area (Å²) in [5.41, 5.74) is 6.64. The van der Waals surface area contributed by atoms with E-state index in [1.54, 1.807) is 0 Å². The first-order chi connectivity index (χ1) is 14.1. The number of aromatic nitrogens is 2. The van der Waals surface area contributed by atoms with E-state index in [0.717, 1.165) is 5.69 Å². The number of rotatable bonds is 1. The minimum atomic E-state index is -0.0865. The lowest BCUT2D eigenvalue weighted by Crippen LogP contribution is -2.25. The molecule has 0 amide bonds. The maximum atomic E-state index is 4.87. The van der Waals surface area contributed by atoms with Crippen molar-refractivity contribution in [2.24, 2.45) is 0 Å². The molecule has 2 nitrogen and oxygen atoms in total. The molecule has 0 spiro atoms. The zero-order valence-electron chi connectivity index (χ0n) is 17.2. The van der Waals surface area contributed by atoms with Crippen LogP contribution in [0.3, 0.4) is 0 Å². The van der Waals surface area contributed by atoms with E-state index in [9.17, 15) is 0 Å². The van der Waals surface area contributed by atoms with Crippen molar-refractivity contribution in [2.75, 3.05) is 0 Å². The molecule has 4 aromatic rings. The van der Waals surface area contributed by atoms with Gasteiger partial charge >= 0.3 is 0 Å². The van der Waals surface area contributed by atoms with Gasteiger partial charge in [-0.1, -0.05) is 57.4 Å². The molecule has 0 bridgehead atoms. The Kier molecular flexibility index (Phi) is 3.62. The molecule has 2 aliphatic carbocycles. The van der Waals surface area contributed by atoms with Crippen molar-refractivity contribution < 1.29 is 0 Å². The van der Waals surface area contributed by atoms with E-state index in [1.165, 1.54) is 75.9 Å². The van der Waals surface area contributed by atoms with Gasteiger partial charge in [0.25, 0.3) is 0 Å². The normalized spacial score (nSPS) is 18.1. The molecule has 0 saturated heterocycles. The molecule has 1 fully saturated rings. The van der Waals surface area contributed by atoms with E-state index in [1.807, 2.05) is 18.6 Å². The quantitative estimate of drug-likeness (QED) is 0.352. The lowest BCUT2D eigenvalue weighted by molar-refractivity contribution is 0.443. The van der Waals surface area contributed by atoms with Crippen LogP contribution in [0.5, 0.6) is 0 Å². The van der Waals surface area contributed by atoms with Gasteiger partial charge in [-0.2, -0.15) is 0 Å². The summed E-state index contributed by atoms with van der Waals surface area (Å²) >= 11 is 0. The third-order valence-corrected chi connectivity index (χ3v) is 7.34. The number of hydrogen-bond acceptors (Lipinski definition) is 2. The zero-order valence-corrected chi connectivity index (χ0v) is 17.2. The fourth-order valence-corrected chi connectivity index (χ4v) is 5.88. The molecule has 6 rings (SSSR count). The molecule has 29 heavy (non-hydrogen) atoms. The molecule has 1 saturated carbocycles. The van der Waals surface area contributed by atoms with Gasteiger partial charge in [0.2, 0.25) is 0 Å². The molecule has 0 atom stereocenters. The van der Waals surface area contributed by atoms with Crippen molar-refractivity contribution in [1.29, 1.82) is 0 Å². The summed E-state index contributed by atoms with van der Waals surface area (Å²) in [6, 6.07) is 13.8. The lowest BCUT2D eigenvalue weighted by atomic mass is 9.67.